The van der Waals surface area contributed by atoms with Crippen molar-refractivity contribution >= 4 is 29.3 Å². The Kier molecular flexibility index (Phi) is 4.06. The highest BCUT2D eigenvalue weighted by molar-refractivity contribution is 7.99. The van der Waals surface area contributed by atoms with Gasteiger partial charge in [0.05, 0.1) is 10.8 Å². The predicted octanol–water partition coefficient (Wildman–Crippen LogP) is 2.45. The summed E-state index contributed by atoms with van der Waals surface area (Å²) in [4.78, 5) is 10.5. The van der Waals surface area contributed by atoms with Gasteiger partial charge in [0.2, 0.25) is 0 Å². The van der Waals surface area contributed by atoms with Gasteiger partial charge in [0, 0.05) is 12.6 Å². The van der Waals surface area contributed by atoms with Crippen molar-refractivity contribution in [3.05, 3.63) is 29.0 Å². The van der Waals surface area contributed by atoms with Crippen LogP contribution in [0.4, 0.5) is 4.39 Å². The van der Waals surface area contributed by atoms with E-state index in [1.165, 1.54) is 18.2 Å². The number of hydrogen-bond donors (Lipinski definition) is 1. The van der Waals surface area contributed by atoms with Crippen molar-refractivity contribution in [3.8, 4) is 11.4 Å². The minimum Gasteiger partial charge on any atom is -0.481 e. The van der Waals surface area contributed by atoms with Gasteiger partial charge in [-0.2, -0.15) is 0 Å². The van der Waals surface area contributed by atoms with E-state index in [9.17, 15) is 9.18 Å². The molecule has 2 rings (SSSR count). The number of aliphatic carboxylic acids is 1. The van der Waals surface area contributed by atoms with Gasteiger partial charge in [0.1, 0.15) is 5.82 Å². The molecule has 1 N–H and O–H groups in total. The molecule has 2 aromatic rings. The van der Waals surface area contributed by atoms with Crippen molar-refractivity contribution in [2.24, 2.45) is 7.05 Å². The van der Waals surface area contributed by atoms with Crippen molar-refractivity contribution in [2.45, 2.75) is 5.16 Å². The fourth-order valence-corrected chi connectivity index (χ4v) is 2.36. The summed E-state index contributed by atoms with van der Waals surface area (Å²) in [5.74, 6) is -1.02. The third kappa shape index (κ3) is 3.05. The van der Waals surface area contributed by atoms with Crippen LogP contribution in [0.1, 0.15) is 0 Å². The SMILES string of the molecule is Cn1c(SCC(=O)O)nnc1-c1ccc(F)cc1Cl. The van der Waals surface area contributed by atoms with E-state index in [-0.39, 0.29) is 10.8 Å². The number of nitrogens with zero attached hydrogens (tertiary/aromatic N) is 3. The van der Waals surface area contributed by atoms with E-state index in [1.54, 1.807) is 11.6 Å². The van der Waals surface area contributed by atoms with Gasteiger partial charge in [-0.1, -0.05) is 23.4 Å². The standard InChI is InChI=1S/C11H9ClFN3O2S/c1-16-10(7-3-2-6(13)4-8(7)12)14-15-11(16)19-5-9(17)18/h2-4H,5H2,1H3,(H,17,18). The highest BCUT2D eigenvalue weighted by atomic mass is 35.5. The Bertz CT molecular complexity index is 632. The Morgan fingerprint density at radius 1 is 1.53 bits per heavy atom. The molecule has 0 spiro atoms. The first kappa shape index (κ1) is 13.8. The number of carboxylic acid groups (broad SMARTS) is 1. The first-order valence-electron chi connectivity index (χ1n) is 5.18. The van der Waals surface area contributed by atoms with Gasteiger partial charge in [0.25, 0.3) is 0 Å². The molecule has 1 aromatic carbocycles. The van der Waals surface area contributed by atoms with E-state index in [0.717, 1.165) is 11.8 Å². The maximum absolute atomic E-state index is 13.0. The molecule has 0 unspecified atom stereocenters. The van der Waals surface area contributed by atoms with Gasteiger partial charge in [0.15, 0.2) is 11.0 Å². The number of hydrogen-bond acceptors (Lipinski definition) is 4. The van der Waals surface area contributed by atoms with Gasteiger partial charge >= 0.3 is 5.97 Å². The molecule has 1 heterocycles. The van der Waals surface area contributed by atoms with Gasteiger partial charge in [-0.15, -0.1) is 10.2 Å². The van der Waals surface area contributed by atoms with Crippen LogP contribution in [0.25, 0.3) is 11.4 Å². The Balaban J connectivity index is 2.33. The molecular weight excluding hydrogens is 293 g/mol. The molecule has 0 saturated carbocycles. The summed E-state index contributed by atoms with van der Waals surface area (Å²) in [5.41, 5.74) is 0.542. The zero-order valence-electron chi connectivity index (χ0n) is 9.80. The average Bonchev–Trinajstić information content (AvgIpc) is 2.68. The highest BCUT2D eigenvalue weighted by Gasteiger charge is 2.15. The molecule has 8 heteroatoms. The molecular formula is C11H9ClFN3O2S. The first-order valence-corrected chi connectivity index (χ1v) is 6.55. The van der Waals surface area contributed by atoms with Crippen molar-refractivity contribution in [1.82, 2.24) is 14.8 Å². The molecule has 0 amide bonds. The molecule has 0 aliphatic heterocycles. The lowest BCUT2D eigenvalue weighted by Crippen LogP contribution is -2.01. The second kappa shape index (κ2) is 5.58. The van der Waals surface area contributed by atoms with Crippen LogP contribution in [0.2, 0.25) is 5.02 Å². The number of thioether (sulfide) groups is 1. The zero-order valence-corrected chi connectivity index (χ0v) is 11.4. The number of carboxylic acids is 1. The monoisotopic (exact) mass is 301 g/mol. The van der Waals surface area contributed by atoms with Gasteiger partial charge in [-0.25, -0.2) is 4.39 Å². The molecule has 5 nitrogen and oxygen atoms in total. The summed E-state index contributed by atoms with van der Waals surface area (Å²) in [5, 5.41) is 17.1. The topological polar surface area (TPSA) is 68.0 Å². The third-order valence-corrected chi connectivity index (χ3v) is 3.65. The summed E-state index contributed by atoms with van der Waals surface area (Å²) in [6.07, 6.45) is 0. The summed E-state index contributed by atoms with van der Waals surface area (Å²) in [6, 6.07) is 3.98. The normalized spacial score (nSPS) is 10.7. The molecule has 0 bridgehead atoms. The lowest BCUT2D eigenvalue weighted by atomic mass is 10.2. The summed E-state index contributed by atoms with van der Waals surface area (Å²) < 4.78 is 14.6. The minimum atomic E-state index is -0.936. The summed E-state index contributed by atoms with van der Waals surface area (Å²) in [6.45, 7) is 0. The lowest BCUT2D eigenvalue weighted by Gasteiger charge is -2.04. The van der Waals surface area contributed by atoms with Crippen molar-refractivity contribution in [3.63, 3.8) is 0 Å². The highest BCUT2D eigenvalue weighted by Crippen LogP contribution is 2.29. The summed E-state index contributed by atoms with van der Waals surface area (Å²) >= 11 is 7.00. The van der Waals surface area contributed by atoms with Crippen LogP contribution in [0.3, 0.4) is 0 Å². The second-order valence-corrected chi connectivity index (χ2v) is 5.02. The van der Waals surface area contributed by atoms with Crippen molar-refractivity contribution in [1.29, 1.82) is 0 Å². The van der Waals surface area contributed by atoms with E-state index in [0.29, 0.717) is 16.5 Å². The molecule has 0 fully saturated rings. The van der Waals surface area contributed by atoms with Crippen molar-refractivity contribution < 1.29 is 14.3 Å². The predicted molar refractivity (Wildman–Crippen MR) is 69.8 cm³/mol. The zero-order chi connectivity index (χ0) is 14.0. The van der Waals surface area contributed by atoms with Crippen LogP contribution in [-0.4, -0.2) is 31.6 Å². The summed E-state index contributed by atoms with van der Waals surface area (Å²) in [7, 11) is 1.69. The largest absolute Gasteiger partial charge is 0.481 e. The molecule has 0 saturated heterocycles. The fraction of sp³-hybridized carbons (Fsp3) is 0.182. The van der Waals surface area contributed by atoms with Gasteiger partial charge in [-0.05, 0) is 18.2 Å². The molecule has 1 aromatic heterocycles. The maximum atomic E-state index is 13.0. The quantitative estimate of drug-likeness (QED) is 0.879. The van der Waals surface area contributed by atoms with Gasteiger partial charge < -0.3 is 9.67 Å². The van der Waals surface area contributed by atoms with Crippen LogP contribution in [-0.2, 0) is 11.8 Å². The van der Waals surface area contributed by atoms with Crippen LogP contribution >= 0.6 is 23.4 Å². The molecule has 0 aliphatic rings. The molecule has 100 valence electrons. The number of aromatic nitrogens is 3. The van der Waals surface area contributed by atoms with E-state index < -0.39 is 11.8 Å². The number of halogens is 2. The number of carbonyl (C=O) groups is 1. The number of rotatable bonds is 4. The second-order valence-electron chi connectivity index (χ2n) is 3.67. The smallest absolute Gasteiger partial charge is 0.313 e. The van der Waals surface area contributed by atoms with E-state index in [2.05, 4.69) is 10.2 Å². The lowest BCUT2D eigenvalue weighted by molar-refractivity contribution is -0.133. The average molecular weight is 302 g/mol. The Labute approximate surface area is 117 Å². The van der Waals surface area contributed by atoms with Crippen LogP contribution in [0.15, 0.2) is 23.4 Å². The third-order valence-electron chi connectivity index (χ3n) is 2.33. The molecule has 0 atom stereocenters. The minimum absolute atomic E-state index is 0.108. The molecule has 0 aliphatic carbocycles. The van der Waals surface area contributed by atoms with Crippen molar-refractivity contribution in [2.75, 3.05) is 5.75 Å². The first-order chi connectivity index (χ1) is 8.99. The van der Waals surface area contributed by atoms with Gasteiger partial charge in [-0.3, -0.25) is 4.79 Å². The molecule has 19 heavy (non-hydrogen) atoms. The van der Waals surface area contributed by atoms with Crippen LogP contribution < -0.4 is 0 Å². The fourth-order valence-electron chi connectivity index (χ4n) is 1.47. The molecule has 0 radical (unpaired) electrons. The maximum Gasteiger partial charge on any atom is 0.313 e. The van der Waals surface area contributed by atoms with Crippen LogP contribution in [0.5, 0.6) is 0 Å². The van der Waals surface area contributed by atoms with E-state index in [1.807, 2.05) is 0 Å². The number of benzene rings is 1. The Morgan fingerprint density at radius 3 is 2.89 bits per heavy atom. The van der Waals surface area contributed by atoms with E-state index >= 15 is 0 Å². The Hall–Kier alpha value is -1.60. The van der Waals surface area contributed by atoms with Crippen LogP contribution in [0, 0.1) is 5.82 Å². The Morgan fingerprint density at radius 2 is 2.26 bits per heavy atom. The van der Waals surface area contributed by atoms with E-state index in [4.69, 9.17) is 16.7 Å².